The summed E-state index contributed by atoms with van der Waals surface area (Å²) in [7, 11) is 1.94. The molecule has 0 bridgehead atoms. The maximum Gasteiger partial charge on any atom is 0.230 e. The van der Waals surface area contributed by atoms with E-state index in [2.05, 4.69) is 27.1 Å². The van der Waals surface area contributed by atoms with E-state index in [1.54, 1.807) is 23.5 Å². The molecule has 1 N–H and O–H groups in total. The van der Waals surface area contributed by atoms with Gasteiger partial charge in [0.1, 0.15) is 5.82 Å². The number of aromatic nitrogens is 3. The summed E-state index contributed by atoms with van der Waals surface area (Å²) in [6.45, 7) is 5.28. The number of likely N-dealkylation sites (tertiary alicyclic amines) is 1. The molecule has 0 radical (unpaired) electrons. The van der Waals surface area contributed by atoms with Crippen molar-refractivity contribution in [2.24, 2.45) is 13.0 Å². The zero-order valence-electron chi connectivity index (χ0n) is 16.3. The van der Waals surface area contributed by atoms with E-state index in [0.29, 0.717) is 18.8 Å². The van der Waals surface area contributed by atoms with Gasteiger partial charge in [-0.1, -0.05) is 6.92 Å². The fourth-order valence-corrected chi connectivity index (χ4v) is 4.09. The Morgan fingerprint density at radius 1 is 1.29 bits per heavy atom. The van der Waals surface area contributed by atoms with E-state index in [4.69, 9.17) is 0 Å². The van der Waals surface area contributed by atoms with Gasteiger partial charge in [-0.2, -0.15) is 0 Å². The summed E-state index contributed by atoms with van der Waals surface area (Å²) < 4.78 is 1.92. The molecule has 4 heterocycles. The van der Waals surface area contributed by atoms with E-state index < -0.39 is 0 Å². The van der Waals surface area contributed by atoms with Crippen LogP contribution in [0.5, 0.6) is 0 Å². The van der Waals surface area contributed by atoms with E-state index in [-0.39, 0.29) is 23.7 Å². The zero-order valence-corrected chi connectivity index (χ0v) is 16.3. The van der Waals surface area contributed by atoms with Crippen molar-refractivity contribution in [1.82, 2.24) is 19.4 Å². The third-order valence-electron chi connectivity index (χ3n) is 5.67. The number of amides is 2. The van der Waals surface area contributed by atoms with Crippen molar-refractivity contribution < 1.29 is 9.59 Å². The van der Waals surface area contributed by atoms with Crippen molar-refractivity contribution in [2.45, 2.75) is 25.7 Å². The highest BCUT2D eigenvalue weighted by Gasteiger charge is 2.39. The number of rotatable bonds is 5. The predicted octanol–water partition coefficient (Wildman–Crippen LogP) is 1.62. The number of carbonyl (C=O) groups is 2. The molecule has 2 aromatic rings. The highest BCUT2D eigenvalue weighted by molar-refractivity contribution is 5.96. The molecule has 2 aliphatic rings. The van der Waals surface area contributed by atoms with E-state index >= 15 is 0 Å². The fourth-order valence-electron chi connectivity index (χ4n) is 4.09. The van der Waals surface area contributed by atoms with Crippen LogP contribution in [0.25, 0.3) is 0 Å². The van der Waals surface area contributed by atoms with E-state index in [9.17, 15) is 9.59 Å². The highest BCUT2D eigenvalue weighted by atomic mass is 16.2. The normalized spacial score (nSPS) is 22.8. The first-order valence-corrected chi connectivity index (χ1v) is 9.82. The second-order valence-electron chi connectivity index (χ2n) is 7.57. The summed E-state index contributed by atoms with van der Waals surface area (Å²) in [5.41, 5.74) is 1.74. The molecule has 2 fully saturated rings. The highest BCUT2D eigenvalue weighted by Crippen LogP contribution is 2.32. The molecule has 0 aliphatic carbocycles. The monoisotopic (exact) mass is 382 g/mol. The van der Waals surface area contributed by atoms with Gasteiger partial charge >= 0.3 is 0 Å². The van der Waals surface area contributed by atoms with Crippen LogP contribution in [0.4, 0.5) is 11.5 Å². The quantitative estimate of drug-likeness (QED) is 0.850. The molecular formula is C20H26N6O2. The third-order valence-corrected chi connectivity index (χ3v) is 5.67. The van der Waals surface area contributed by atoms with Crippen molar-refractivity contribution in [1.29, 1.82) is 0 Å². The van der Waals surface area contributed by atoms with Crippen LogP contribution < -0.4 is 10.2 Å². The molecular weight excluding hydrogens is 356 g/mol. The molecule has 148 valence electrons. The number of anilines is 2. The van der Waals surface area contributed by atoms with Gasteiger partial charge in [0, 0.05) is 45.2 Å². The summed E-state index contributed by atoms with van der Waals surface area (Å²) in [5.74, 6) is 0.501. The standard InChI is InChI=1S/C20H26N6O2/c1-3-25-10-15(17-12-24(2)13-22-17)16(11-25)20(28)23-18-7-6-14(9-21-18)26-8-4-5-19(26)27/h6-7,9,12-13,15-16H,3-5,8,10-11H2,1-2H3,(H,21,23,28)/t15-,16-/m1/s1. The summed E-state index contributed by atoms with van der Waals surface area (Å²) >= 11 is 0. The molecule has 2 amide bonds. The Kier molecular flexibility index (Phi) is 5.13. The van der Waals surface area contributed by atoms with Crippen LogP contribution in [0.15, 0.2) is 30.9 Å². The molecule has 8 heteroatoms. The number of nitrogens with zero attached hydrogens (tertiary/aromatic N) is 5. The first kappa shape index (κ1) is 18.6. The average molecular weight is 382 g/mol. The summed E-state index contributed by atoms with van der Waals surface area (Å²) in [5, 5.41) is 2.95. The van der Waals surface area contributed by atoms with Crippen molar-refractivity contribution >= 4 is 23.3 Å². The molecule has 2 aliphatic heterocycles. The fraction of sp³-hybridized carbons (Fsp3) is 0.500. The van der Waals surface area contributed by atoms with Gasteiger partial charge in [0.05, 0.1) is 29.8 Å². The van der Waals surface area contributed by atoms with Gasteiger partial charge in [-0.05, 0) is 25.1 Å². The first-order chi connectivity index (χ1) is 13.5. The molecule has 0 aromatic carbocycles. The third kappa shape index (κ3) is 3.64. The van der Waals surface area contributed by atoms with Gasteiger partial charge in [-0.15, -0.1) is 0 Å². The smallest absolute Gasteiger partial charge is 0.230 e. The zero-order chi connectivity index (χ0) is 19.7. The van der Waals surface area contributed by atoms with Crippen LogP contribution >= 0.6 is 0 Å². The summed E-state index contributed by atoms with van der Waals surface area (Å²) in [4.78, 5) is 37.7. The molecule has 28 heavy (non-hydrogen) atoms. The van der Waals surface area contributed by atoms with Crippen LogP contribution in [-0.2, 0) is 16.6 Å². The number of aryl methyl sites for hydroxylation is 1. The molecule has 2 atom stereocenters. The van der Waals surface area contributed by atoms with Gasteiger partial charge in [-0.3, -0.25) is 9.59 Å². The van der Waals surface area contributed by atoms with Crippen molar-refractivity contribution in [3.05, 3.63) is 36.5 Å². The predicted molar refractivity (Wildman–Crippen MR) is 106 cm³/mol. The Morgan fingerprint density at radius 2 is 2.14 bits per heavy atom. The topological polar surface area (TPSA) is 83.4 Å². The van der Waals surface area contributed by atoms with E-state index in [1.807, 2.05) is 23.9 Å². The number of hydrogen-bond acceptors (Lipinski definition) is 5. The number of pyridine rings is 1. The number of nitrogens with one attached hydrogen (secondary N) is 1. The minimum Gasteiger partial charge on any atom is -0.340 e. The second-order valence-corrected chi connectivity index (χ2v) is 7.57. The Hall–Kier alpha value is -2.74. The lowest BCUT2D eigenvalue weighted by Crippen LogP contribution is -2.29. The van der Waals surface area contributed by atoms with Crippen LogP contribution in [0.1, 0.15) is 31.4 Å². The van der Waals surface area contributed by atoms with E-state index in [1.165, 1.54) is 0 Å². The lowest BCUT2D eigenvalue weighted by molar-refractivity contribution is -0.120. The van der Waals surface area contributed by atoms with Crippen LogP contribution in [0.2, 0.25) is 0 Å². The van der Waals surface area contributed by atoms with Gasteiger partial charge < -0.3 is 19.7 Å². The SMILES string of the molecule is CCN1C[C@@H](C(=O)Nc2ccc(N3CCCC3=O)cn2)[C@H](c2cn(C)cn2)C1. The molecule has 0 unspecified atom stereocenters. The lowest BCUT2D eigenvalue weighted by Gasteiger charge is -2.17. The molecule has 2 aromatic heterocycles. The maximum atomic E-state index is 13.0. The number of hydrogen-bond donors (Lipinski definition) is 1. The molecule has 0 spiro atoms. The van der Waals surface area contributed by atoms with Crippen LogP contribution in [-0.4, -0.2) is 57.4 Å². The number of imidazole rings is 1. The minimum absolute atomic E-state index is 0.0379. The maximum absolute atomic E-state index is 13.0. The number of likely N-dealkylation sites (N-methyl/N-ethyl adjacent to an activating group) is 1. The van der Waals surface area contributed by atoms with Gasteiger partial charge in [-0.25, -0.2) is 9.97 Å². The van der Waals surface area contributed by atoms with Crippen LogP contribution in [0.3, 0.4) is 0 Å². The molecule has 0 saturated carbocycles. The largest absolute Gasteiger partial charge is 0.340 e. The van der Waals surface area contributed by atoms with Gasteiger partial charge in [0.25, 0.3) is 0 Å². The van der Waals surface area contributed by atoms with Crippen molar-refractivity contribution in [3.63, 3.8) is 0 Å². The van der Waals surface area contributed by atoms with Crippen LogP contribution in [0, 0.1) is 5.92 Å². The van der Waals surface area contributed by atoms with Gasteiger partial charge in [0.15, 0.2) is 0 Å². The molecule has 4 rings (SSSR count). The Labute approximate surface area is 164 Å². The molecule has 8 nitrogen and oxygen atoms in total. The number of carbonyl (C=O) groups excluding carboxylic acids is 2. The van der Waals surface area contributed by atoms with Crippen molar-refractivity contribution in [2.75, 3.05) is 36.4 Å². The van der Waals surface area contributed by atoms with Crippen molar-refractivity contribution in [3.8, 4) is 0 Å². The van der Waals surface area contributed by atoms with E-state index in [0.717, 1.165) is 37.4 Å². The average Bonchev–Trinajstić information content (AvgIpc) is 3.41. The Bertz CT molecular complexity index is 862. The molecule has 2 saturated heterocycles. The minimum atomic E-state index is -0.170. The Morgan fingerprint density at radius 3 is 2.75 bits per heavy atom. The summed E-state index contributed by atoms with van der Waals surface area (Å²) in [6.07, 6.45) is 6.88. The Balaban J connectivity index is 1.46. The first-order valence-electron chi connectivity index (χ1n) is 9.82. The van der Waals surface area contributed by atoms with Gasteiger partial charge in [0.2, 0.25) is 11.8 Å². The second kappa shape index (κ2) is 7.71. The summed E-state index contributed by atoms with van der Waals surface area (Å²) in [6, 6.07) is 3.61. The lowest BCUT2D eigenvalue weighted by atomic mass is 9.92.